The van der Waals surface area contributed by atoms with Gasteiger partial charge in [-0.25, -0.2) is 4.79 Å². The first-order chi connectivity index (χ1) is 11.8. The molecule has 0 aliphatic carbocycles. The molecule has 0 radical (unpaired) electrons. The van der Waals surface area contributed by atoms with Crippen LogP contribution >= 0.6 is 0 Å². The minimum Gasteiger partial charge on any atom is -0.480 e. The number of nitrogens with one attached hydrogen (secondary N) is 2. The first kappa shape index (κ1) is 20.4. The zero-order valence-corrected chi connectivity index (χ0v) is 14.1. The second-order valence-corrected chi connectivity index (χ2v) is 5.35. The monoisotopic (exact) mass is 358 g/mol. The second kappa shape index (κ2) is 9.60. The Labute approximate surface area is 144 Å². The topological polar surface area (TPSA) is 148 Å². The number of hydrogen-bond acceptors (Lipinski definition) is 7. The van der Waals surface area contributed by atoms with Gasteiger partial charge in [-0.1, -0.05) is 0 Å². The van der Waals surface area contributed by atoms with E-state index in [4.69, 9.17) is 9.47 Å². The van der Waals surface area contributed by atoms with Crippen molar-refractivity contribution < 1.29 is 38.6 Å². The van der Waals surface area contributed by atoms with Gasteiger partial charge >= 0.3 is 17.9 Å². The van der Waals surface area contributed by atoms with E-state index in [1.54, 1.807) is 6.92 Å². The average molecular weight is 358 g/mol. The van der Waals surface area contributed by atoms with Crippen LogP contribution in [-0.2, 0) is 33.4 Å². The Balaban J connectivity index is 2.91. The Morgan fingerprint density at radius 1 is 1.24 bits per heavy atom. The van der Waals surface area contributed by atoms with Crippen molar-refractivity contribution in [3.05, 3.63) is 0 Å². The molecular formula is C15H22N2O8. The third-order valence-electron chi connectivity index (χ3n) is 3.56. The summed E-state index contributed by atoms with van der Waals surface area (Å²) in [6.07, 6.45) is -0.181. The molecule has 1 aliphatic rings. The maximum atomic E-state index is 12.1. The van der Waals surface area contributed by atoms with Crippen molar-refractivity contribution in [1.29, 1.82) is 0 Å². The third kappa shape index (κ3) is 6.05. The summed E-state index contributed by atoms with van der Waals surface area (Å²) < 4.78 is 9.55. The van der Waals surface area contributed by atoms with E-state index < -0.39 is 48.2 Å². The Kier molecular flexibility index (Phi) is 7.83. The van der Waals surface area contributed by atoms with Gasteiger partial charge in [0.25, 0.3) is 0 Å². The molecule has 1 aliphatic heterocycles. The molecule has 3 N–H and O–H groups in total. The molecule has 0 aromatic rings. The van der Waals surface area contributed by atoms with Crippen LogP contribution in [0.3, 0.4) is 0 Å². The van der Waals surface area contributed by atoms with E-state index in [0.717, 1.165) is 0 Å². The third-order valence-corrected chi connectivity index (χ3v) is 3.56. The van der Waals surface area contributed by atoms with Gasteiger partial charge in [0.05, 0.1) is 25.6 Å². The van der Waals surface area contributed by atoms with Crippen LogP contribution in [0.1, 0.15) is 33.1 Å². The number of carbonyl (C=O) groups is 5. The molecule has 10 nitrogen and oxygen atoms in total. The summed E-state index contributed by atoms with van der Waals surface area (Å²) in [5.74, 6) is -5.72. The van der Waals surface area contributed by atoms with Gasteiger partial charge in [0.15, 0.2) is 0 Å². The fourth-order valence-corrected chi connectivity index (χ4v) is 2.39. The lowest BCUT2D eigenvalue weighted by atomic mass is 9.95. The van der Waals surface area contributed by atoms with Gasteiger partial charge in [-0.2, -0.15) is 0 Å². The van der Waals surface area contributed by atoms with Crippen molar-refractivity contribution in [2.45, 2.75) is 45.2 Å². The predicted molar refractivity (Wildman–Crippen MR) is 82.1 cm³/mol. The predicted octanol–water partition coefficient (Wildman–Crippen LogP) is -1.03. The van der Waals surface area contributed by atoms with Crippen LogP contribution in [0.2, 0.25) is 0 Å². The normalized spacial score (nSPS) is 18.6. The number of esters is 2. The van der Waals surface area contributed by atoms with Gasteiger partial charge in [0, 0.05) is 6.42 Å². The van der Waals surface area contributed by atoms with E-state index in [-0.39, 0.29) is 32.0 Å². The van der Waals surface area contributed by atoms with E-state index >= 15 is 0 Å². The van der Waals surface area contributed by atoms with E-state index in [9.17, 15) is 29.1 Å². The number of carboxylic acids is 1. The minimum atomic E-state index is -1.69. The molecule has 1 fully saturated rings. The highest BCUT2D eigenvalue weighted by Crippen LogP contribution is 2.15. The Morgan fingerprint density at radius 2 is 1.88 bits per heavy atom. The van der Waals surface area contributed by atoms with Crippen molar-refractivity contribution >= 4 is 29.7 Å². The molecule has 10 heteroatoms. The molecule has 140 valence electrons. The summed E-state index contributed by atoms with van der Waals surface area (Å²) in [5, 5.41) is 14.0. The van der Waals surface area contributed by atoms with Crippen molar-refractivity contribution in [3.8, 4) is 0 Å². The van der Waals surface area contributed by atoms with Gasteiger partial charge in [-0.3, -0.25) is 19.2 Å². The van der Waals surface area contributed by atoms with Crippen molar-refractivity contribution in [1.82, 2.24) is 10.6 Å². The molecule has 2 amide bonds. The van der Waals surface area contributed by atoms with E-state index in [0.29, 0.717) is 0 Å². The largest absolute Gasteiger partial charge is 0.480 e. The number of hydrogen-bond donors (Lipinski definition) is 3. The summed E-state index contributed by atoms with van der Waals surface area (Å²) in [5.41, 5.74) is 0. The van der Waals surface area contributed by atoms with E-state index in [1.807, 2.05) is 0 Å². The quantitative estimate of drug-likeness (QED) is 0.443. The average Bonchev–Trinajstić information content (AvgIpc) is 2.97. The highest BCUT2D eigenvalue weighted by molar-refractivity contribution is 5.95. The number of rotatable bonds is 9. The molecule has 1 rings (SSSR count). The van der Waals surface area contributed by atoms with Gasteiger partial charge in [-0.15, -0.1) is 0 Å². The summed E-state index contributed by atoms with van der Waals surface area (Å²) in [7, 11) is 0. The fourth-order valence-electron chi connectivity index (χ4n) is 2.39. The first-order valence-corrected chi connectivity index (χ1v) is 7.94. The summed E-state index contributed by atoms with van der Waals surface area (Å²) in [4.78, 5) is 58.6. The van der Waals surface area contributed by atoms with Crippen LogP contribution in [0.4, 0.5) is 0 Å². The van der Waals surface area contributed by atoms with Crippen molar-refractivity contribution in [3.63, 3.8) is 0 Å². The van der Waals surface area contributed by atoms with Gasteiger partial charge < -0.3 is 25.2 Å². The lowest BCUT2D eigenvalue weighted by molar-refractivity contribution is -0.160. The molecule has 0 saturated carbocycles. The summed E-state index contributed by atoms with van der Waals surface area (Å²) in [6.45, 7) is 3.14. The zero-order valence-electron chi connectivity index (χ0n) is 14.1. The minimum absolute atomic E-state index is 0.0167. The molecule has 0 spiro atoms. The fraction of sp³-hybridized carbons (Fsp3) is 0.667. The summed E-state index contributed by atoms with van der Waals surface area (Å²) in [6, 6.07) is -2.56. The number of amides is 2. The maximum Gasteiger partial charge on any atom is 0.327 e. The standard InChI is InChI=1S/C15H22N2O8/c1-3-24-11(19)7-8(15(23)25-4-2)12(14(21)22)17-13(20)9-5-6-10(18)16-9/h8-9,12H,3-7H2,1-2H3,(H,16,18)(H,17,20)(H,21,22)/t8-,9-,12+/m1/s1. The van der Waals surface area contributed by atoms with Crippen LogP contribution in [0, 0.1) is 5.92 Å². The lowest BCUT2D eigenvalue weighted by Gasteiger charge is -2.24. The van der Waals surface area contributed by atoms with Crippen LogP contribution in [0.15, 0.2) is 0 Å². The Bertz CT molecular complexity index is 548. The Morgan fingerprint density at radius 3 is 2.36 bits per heavy atom. The smallest absolute Gasteiger partial charge is 0.327 e. The maximum absolute atomic E-state index is 12.1. The first-order valence-electron chi connectivity index (χ1n) is 7.94. The van der Waals surface area contributed by atoms with Crippen molar-refractivity contribution in [2.24, 2.45) is 5.92 Å². The molecule has 25 heavy (non-hydrogen) atoms. The zero-order chi connectivity index (χ0) is 19.0. The number of carbonyl (C=O) groups excluding carboxylic acids is 4. The molecule has 3 atom stereocenters. The number of aliphatic carboxylic acids is 1. The van der Waals surface area contributed by atoms with Gasteiger partial charge in [0.1, 0.15) is 12.1 Å². The second-order valence-electron chi connectivity index (χ2n) is 5.35. The van der Waals surface area contributed by atoms with Crippen LogP contribution in [0.5, 0.6) is 0 Å². The van der Waals surface area contributed by atoms with E-state index in [1.165, 1.54) is 6.92 Å². The highest BCUT2D eigenvalue weighted by Gasteiger charge is 2.40. The highest BCUT2D eigenvalue weighted by atomic mass is 16.5. The number of ether oxygens (including phenoxy) is 2. The van der Waals surface area contributed by atoms with Crippen LogP contribution in [0.25, 0.3) is 0 Å². The van der Waals surface area contributed by atoms with Crippen LogP contribution in [-0.4, -0.2) is 60.1 Å². The number of carboxylic acid groups (broad SMARTS) is 1. The summed E-state index contributed by atoms with van der Waals surface area (Å²) >= 11 is 0. The Hall–Kier alpha value is -2.65. The van der Waals surface area contributed by atoms with Gasteiger partial charge in [0.2, 0.25) is 11.8 Å². The SMILES string of the molecule is CCOC(=O)C[C@@H](C(=O)OCC)[C@H](NC(=O)[C@H]1CCC(=O)N1)C(=O)O. The molecule has 0 aromatic carbocycles. The van der Waals surface area contributed by atoms with Crippen molar-refractivity contribution in [2.75, 3.05) is 13.2 Å². The van der Waals surface area contributed by atoms with Gasteiger partial charge in [-0.05, 0) is 20.3 Å². The molecule has 0 bridgehead atoms. The molecule has 0 aromatic heterocycles. The lowest BCUT2D eigenvalue weighted by Crippen LogP contribution is -2.54. The molecule has 1 saturated heterocycles. The molecular weight excluding hydrogens is 336 g/mol. The van der Waals surface area contributed by atoms with E-state index in [2.05, 4.69) is 10.6 Å². The van der Waals surface area contributed by atoms with Crippen LogP contribution < -0.4 is 10.6 Å². The molecule has 1 heterocycles. The molecule has 0 unspecified atom stereocenters.